The average molecular weight is 393 g/mol. The van der Waals surface area contributed by atoms with Gasteiger partial charge >= 0.3 is 0 Å². The first kappa shape index (κ1) is 18.9. The fourth-order valence-corrected chi connectivity index (χ4v) is 5.88. The third kappa shape index (κ3) is 3.61. The van der Waals surface area contributed by atoms with Gasteiger partial charge < -0.3 is 14.5 Å². The van der Waals surface area contributed by atoms with Crippen LogP contribution in [0.5, 0.6) is 5.75 Å². The van der Waals surface area contributed by atoms with Crippen LogP contribution < -0.4 is 9.64 Å². The molecule has 154 valence electrons. The number of hydrogen-bond donors (Lipinski definition) is 0. The number of piperidine rings is 1. The second-order valence-corrected chi connectivity index (χ2v) is 9.32. The van der Waals surface area contributed by atoms with Crippen molar-refractivity contribution >= 4 is 5.82 Å². The fraction of sp³-hybridized carbons (Fsp3) is 0.583. The highest BCUT2D eigenvalue weighted by molar-refractivity contribution is 5.42. The maximum atomic E-state index is 5.60. The smallest absolute Gasteiger partial charge is 0.147 e. The molecule has 0 bridgehead atoms. The lowest BCUT2D eigenvalue weighted by Crippen LogP contribution is -2.56. The monoisotopic (exact) mass is 392 g/mol. The van der Waals surface area contributed by atoms with Crippen molar-refractivity contribution in [1.29, 1.82) is 0 Å². The summed E-state index contributed by atoms with van der Waals surface area (Å²) in [5.74, 6) is 2.74. The minimum Gasteiger partial charge on any atom is -0.496 e. The van der Waals surface area contributed by atoms with Crippen LogP contribution in [0, 0.1) is 12.3 Å². The van der Waals surface area contributed by atoms with Crippen molar-refractivity contribution in [2.45, 2.75) is 51.0 Å². The van der Waals surface area contributed by atoms with Crippen LogP contribution in [0.3, 0.4) is 0 Å². The standard InChI is InChI=1S/C24H32N4O/c1-18-14-25-15-23(26-18)28-16-24(17-28)10-7-20(13-24)27-11-8-19(9-12-27)21-5-3-4-6-22(21)29-2/h3-6,14-15,19-20H,7-13,16-17H2,1-2H3/t20-/m1/s1. The van der Waals surface area contributed by atoms with Crippen molar-refractivity contribution in [2.75, 3.05) is 38.2 Å². The molecular formula is C24H32N4O. The van der Waals surface area contributed by atoms with E-state index in [0.717, 1.165) is 36.4 Å². The molecule has 1 spiro atoms. The number of anilines is 1. The van der Waals surface area contributed by atoms with Crippen LogP contribution in [-0.2, 0) is 0 Å². The summed E-state index contributed by atoms with van der Waals surface area (Å²) in [7, 11) is 1.79. The third-order valence-corrected chi connectivity index (χ3v) is 7.42. The molecule has 5 rings (SSSR count). The van der Waals surface area contributed by atoms with Crippen molar-refractivity contribution in [2.24, 2.45) is 5.41 Å². The van der Waals surface area contributed by atoms with Gasteiger partial charge in [-0.05, 0) is 69.7 Å². The molecule has 3 aliphatic rings. The van der Waals surface area contributed by atoms with E-state index in [2.05, 4.69) is 44.0 Å². The molecule has 2 aromatic rings. The summed E-state index contributed by atoms with van der Waals surface area (Å²) in [6.07, 6.45) is 10.3. The molecule has 2 aliphatic heterocycles. The fourth-order valence-electron chi connectivity index (χ4n) is 5.88. The molecule has 0 N–H and O–H groups in total. The number of rotatable bonds is 4. The van der Waals surface area contributed by atoms with Crippen LogP contribution in [0.15, 0.2) is 36.7 Å². The Morgan fingerprint density at radius 3 is 2.62 bits per heavy atom. The lowest BCUT2D eigenvalue weighted by Gasteiger charge is -2.49. The van der Waals surface area contributed by atoms with Gasteiger partial charge in [0.1, 0.15) is 11.6 Å². The average Bonchev–Trinajstić information content (AvgIpc) is 3.19. The van der Waals surface area contributed by atoms with Crippen molar-refractivity contribution in [3.8, 4) is 5.75 Å². The molecule has 1 saturated carbocycles. The molecule has 3 heterocycles. The predicted molar refractivity (Wildman–Crippen MR) is 116 cm³/mol. The van der Waals surface area contributed by atoms with Gasteiger partial charge in [-0.1, -0.05) is 18.2 Å². The Balaban J connectivity index is 1.15. The first-order valence-corrected chi connectivity index (χ1v) is 11.1. The third-order valence-electron chi connectivity index (χ3n) is 7.42. The highest BCUT2D eigenvalue weighted by Crippen LogP contribution is 2.48. The zero-order valence-electron chi connectivity index (χ0n) is 17.7. The summed E-state index contributed by atoms with van der Waals surface area (Å²) in [5.41, 5.74) is 2.91. The van der Waals surface area contributed by atoms with Gasteiger partial charge in [-0.25, -0.2) is 4.98 Å². The van der Waals surface area contributed by atoms with E-state index in [4.69, 9.17) is 4.74 Å². The molecule has 0 unspecified atom stereocenters. The van der Waals surface area contributed by atoms with Crippen LogP contribution in [0.4, 0.5) is 5.82 Å². The van der Waals surface area contributed by atoms with Gasteiger partial charge in [-0.3, -0.25) is 4.98 Å². The molecule has 5 nitrogen and oxygen atoms in total. The van der Waals surface area contributed by atoms with Crippen LogP contribution in [0.25, 0.3) is 0 Å². The van der Waals surface area contributed by atoms with E-state index in [1.807, 2.05) is 19.3 Å². The van der Waals surface area contributed by atoms with Crippen LogP contribution >= 0.6 is 0 Å². The number of benzene rings is 1. The Labute approximate surface area is 174 Å². The van der Waals surface area contributed by atoms with Crippen molar-refractivity contribution < 1.29 is 4.74 Å². The molecule has 29 heavy (non-hydrogen) atoms. The molecule has 1 aromatic heterocycles. The van der Waals surface area contributed by atoms with Crippen LogP contribution in [-0.4, -0.2) is 54.2 Å². The van der Waals surface area contributed by atoms with Gasteiger partial charge in [0.25, 0.3) is 0 Å². The van der Waals surface area contributed by atoms with E-state index in [0.29, 0.717) is 11.3 Å². The zero-order chi connectivity index (χ0) is 19.8. The number of likely N-dealkylation sites (tertiary alicyclic amines) is 1. The van der Waals surface area contributed by atoms with Gasteiger partial charge in [0.2, 0.25) is 0 Å². The SMILES string of the molecule is COc1ccccc1C1CCN([C@@H]2CCC3(C2)CN(c2cncc(C)n2)C3)CC1. The van der Waals surface area contributed by atoms with Gasteiger partial charge in [-0.2, -0.15) is 0 Å². The van der Waals surface area contributed by atoms with Gasteiger partial charge in [0, 0.05) is 30.7 Å². The summed E-state index contributed by atoms with van der Waals surface area (Å²) in [4.78, 5) is 14.2. The molecular weight excluding hydrogens is 360 g/mol. The first-order chi connectivity index (χ1) is 14.2. The molecule has 2 saturated heterocycles. The summed E-state index contributed by atoms with van der Waals surface area (Å²) in [6, 6.07) is 9.33. The minimum atomic E-state index is 0.510. The van der Waals surface area contributed by atoms with E-state index in [-0.39, 0.29) is 0 Å². The second kappa shape index (κ2) is 7.60. The first-order valence-electron chi connectivity index (χ1n) is 11.1. The molecule has 1 atom stereocenters. The maximum Gasteiger partial charge on any atom is 0.147 e. The highest BCUT2D eigenvalue weighted by atomic mass is 16.5. The Bertz CT molecular complexity index is 855. The lowest BCUT2D eigenvalue weighted by molar-refractivity contribution is 0.131. The topological polar surface area (TPSA) is 41.5 Å². The van der Waals surface area contributed by atoms with Gasteiger partial charge in [-0.15, -0.1) is 0 Å². The highest BCUT2D eigenvalue weighted by Gasteiger charge is 2.49. The second-order valence-electron chi connectivity index (χ2n) is 9.32. The van der Waals surface area contributed by atoms with Crippen LogP contribution in [0.1, 0.15) is 49.3 Å². The number of methoxy groups -OCH3 is 1. The zero-order valence-corrected chi connectivity index (χ0v) is 17.7. The van der Waals surface area contributed by atoms with Crippen LogP contribution in [0.2, 0.25) is 0 Å². The van der Waals surface area contributed by atoms with E-state index in [9.17, 15) is 0 Å². The van der Waals surface area contributed by atoms with Crippen molar-refractivity contribution in [1.82, 2.24) is 14.9 Å². The molecule has 1 aliphatic carbocycles. The molecule has 5 heteroatoms. The Morgan fingerprint density at radius 1 is 1.07 bits per heavy atom. The van der Waals surface area contributed by atoms with Crippen molar-refractivity contribution in [3.05, 3.63) is 47.9 Å². The number of para-hydroxylation sites is 1. The van der Waals surface area contributed by atoms with E-state index in [1.165, 1.54) is 50.8 Å². The molecule has 0 radical (unpaired) electrons. The van der Waals surface area contributed by atoms with E-state index >= 15 is 0 Å². The Morgan fingerprint density at radius 2 is 1.86 bits per heavy atom. The predicted octanol–water partition coefficient (Wildman–Crippen LogP) is 4.03. The van der Waals surface area contributed by atoms with E-state index in [1.54, 1.807) is 7.11 Å². The number of aryl methyl sites for hydroxylation is 1. The van der Waals surface area contributed by atoms with E-state index < -0.39 is 0 Å². The Hall–Kier alpha value is -2.14. The molecule has 1 aromatic carbocycles. The maximum absolute atomic E-state index is 5.60. The molecule has 0 amide bonds. The van der Waals surface area contributed by atoms with Gasteiger partial charge in [0.05, 0.1) is 19.0 Å². The number of nitrogens with zero attached hydrogens (tertiary/aromatic N) is 4. The number of hydrogen-bond acceptors (Lipinski definition) is 5. The number of aromatic nitrogens is 2. The normalized spacial score (nSPS) is 24.6. The Kier molecular flexibility index (Phi) is 4.94. The van der Waals surface area contributed by atoms with Crippen molar-refractivity contribution in [3.63, 3.8) is 0 Å². The quantitative estimate of drug-likeness (QED) is 0.786. The number of ether oxygens (including phenoxy) is 1. The summed E-state index contributed by atoms with van der Waals surface area (Å²) in [6.45, 7) is 6.76. The minimum absolute atomic E-state index is 0.510. The summed E-state index contributed by atoms with van der Waals surface area (Å²) >= 11 is 0. The lowest BCUT2D eigenvalue weighted by atomic mass is 9.78. The summed E-state index contributed by atoms with van der Waals surface area (Å²) in [5, 5.41) is 0. The largest absolute Gasteiger partial charge is 0.496 e. The summed E-state index contributed by atoms with van der Waals surface area (Å²) < 4.78 is 5.60. The molecule has 3 fully saturated rings. The van der Waals surface area contributed by atoms with Gasteiger partial charge in [0.15, 0.2) is 0 Å².